The van der Waals surface area contributed by atoms with E-state index >= 15 is 0 Å². The number of alkyl halides is 3. The lowest BCUT2D eigenvalue weighted by molar-refractivity contribution is -0.137. The van der Waals surface area contributed by atoms with Crippen molar-refractivity contribution in [2.24, 2.45) is 0 Å². The monoisotopic (exact) mass is 445 g/mol. The first kappa shape index (κ1) is 26.9. The number of hydrogen-bond donors (Lipinski definition) is 2. The number of amides is 1. The van der Waals surface area contributed by atoms with Gasteiger partial charge in [0.25, 0.3) is 0 Å². The number of nitrogens with one attached hydrogen (secondary N) is 2. The average molecular weight is 446 g/mol. The molecule has 162 valence electrons. The average Bonchev–Trinajstić information content (AvgIpc) is 2.65. The van der Waals surface area contributed by atoms with Crippen molar-refractivity contribution in [1.82, 2.24) is 15.5 Å². The molecule has 2 atom stereocenters. The summed E-state index contributed by atoms with van der Waals surface area (Å²) in [4.78, 5) is 14.4. The molecule has 28 heavy (non-hydrogen) atoms. The molecule has 2 rings (SSSR count). The third kappa shape index (κ3) is 7.40. The van der Waals surface area contributed by atoms with E-state index in [1.807, 2.05) is 13.8 Å². The van der Waals surface area contributed by atoms with Crippen LogP contribution in [0.15, 0.2) is 24.3 Å². The van der Waals surface area contributed by atoms with Gasteiger partial charge in [0.05, 0.1) is 24.8 Å². The van der Waals surface area contributed by atoms with E-state index in [-0.39, 0.29) is 36.8 Å². The fraction of sp³-hybridized carbons (Fsp3) is 0.611. The molecule has 2 unspecified atom stereocenters. The highest BCUT2D eigenvalue weighted by Crippen LogP contribution is 2.30. The molecular formula is C18H28Cl2F3N3O2. The quantitative estimate of drug-likeness (QED) is 0.677. The van der Waals surface area contributed by atoms with Crippen LogP contribution in [-0.4, -0.2) is 56.2 Å². The minimum Gasteiger partial charge on any atom is -0.378 e. The van der Waals surface area contributed by atoms with E-state index in [2.05, 4.69) is 15.5 Å². The Morgan fingerprint density at radius 2 is 1.86 bits per heavy atom. The molecule has 1 aromatic rings. The molecule has 2 N–H and O–H groups in total. The molecule has 1 aliphatic heterocycles. The maximum Gasteiger partial charge on any atom is 0.416 e. The van der Waals surface area contributed by atoms with E-state index in [0.717, 1.165) is 30.8 Å². The highest BCUT2D eigenvalue weighted by Gasteiger charge is 2.31. The lowest BCUT2D eigenvalue weighted by Gasteiger charge is -2.31. The van der Waals surface area contributed by atoms with Gasteiger partial charge in [0, 0.05) is 13.1 Å². The second-order valence-electron chi connectivity index (χ2n) is 6.18. The Morgan fingerprint density at radius 1 is 1.25 bits per heavy atom. The van der Waals surface area contributed by atoms with E-state index in [4.69, 9.17) is 4.74 Å². The molecule has 1 saturated heterocycles. The van der Waals surface area contributed by atoms with Gasteiger partial charge in [-0.15, -0.1) is 24.8 Å². The minimum absolute atomic E-state index is 0. The molecule has 1 aliphatic rings. The van der Waals surface area contributed by atoms with Gasteiger partial charge < -0.3 is 15.4 Å². The number of nitrogens with zero attached hydrogens (tertiary/aromatic N) is 1. The summed E-state index contributed by atoms with van der Waals surface area (Å²) < 4.78 is 43.6. The molecule has 0 spiro atoms. The fourth-order valence-corrected chi connectivity index (χ4v) is 3.07. The summed E-state index contributed by atoms with van der Waals surface area (Å²) in [5.41, 5.74) is 0.0713. The Balaban J connectivity index is 0.00000364. The summed E-state index contributed by atoms with van der Waals surface area (Å²) in [6.07, 6.45) is -4.36. The first-order valence-corrected chi connectivity index (χ1v) is 8.86. The van der Waals surface area contributed by atoms with Crippen molar-refractivity contribution in [3.05, 3.63) is 35.4 Å². The Hall–Kier alpha value is -1.06. The highest BCUT2D eigenvalue weighted by molar-refractivity contribution is 5.85. The van der Waals surface area contributed by atoms with Gasteiger partial charge >= 0.3 is 6.18 Å². The zero-order valence-corrected chi connectivity index (χ0v) is 17.6. The van der Waals surface area contributed by atoms with E-state index in [1.54, 1.807) is 0 Å². The van der Waals surface area contributed by atoms with Gasteiger partial charge in [-0.3, -0.25) is 9.69 Å². The van der Waals surface area contributed by atoms with Crippen LogP contribution >= 0.6 is 24.8 Å². The number of carbonyl (C=O) groups is 1. The molecule has 1 amide bonds. The fourth-order valence-electron chi connectivity index (χ4n) is 3.07. The smallest absolute Gasteiger partial charge is 0.378 e. The van der Waals surface area contributed by atoms with Crippen molar-refractivity contribution in [3.8, 4) is 0 Å². The SMILES string of the molecule is CCN(CC)C(CNC(=O)C1COCCN1)c1ccc(C(F)(F)F)cc1.Cl.Cl. The molecule has 1 fully saturated rings. The van der Waals surface area contributed by atoms with E-state index in [9.17, 15) is 18.0 Å². The maximum absolute atomic E-state index is 12.8. The van der Waals surface area contributed by atoms with Gasteiger partial charge in [-0.2, -0.15) is 13.2 Å². The van der Waals surface area contributed by atoms with Crippen molar-refractivity contribution in [2.45, 2.75) is 32.1 Å². The third-order valence-corrected chi connectivity index (χ3v) is 4.58. The predicted molar refractivity (Wildman–Crippen MR) is 107 cm³/mol. The summed E-state index contributed by atoms with van der Waals surface area (Å²) in [5.74, 6) is -0.159. The second-order valence-corrected chi connectivity index (χ2v) is 6.18. The largest absolute Gasteiger partial charge is 0.416 e. The second kappa shape index (κ2) is 12.5. The van der Waals surface area contributed by atoms with Crippen LogP contribution < -0.4 is 10.6 Å². The standard InChI is InChI=1S/C18H26F3N3O2.2ClH/c1-3-24(4-2)16(11-23-17(25)15-12-26-10-9-22-15)13-5-7-14(8-6-13)18(19,20)21;;/h5-8,15-16,22H,3-4,9-12H2,1-2H3,(H,23,25);2*1H. The number of rotatable bonds is 7. The van der Waals surface area contributed by atoms with Crippen LogP contribution in [0.2, 0.25) is 0 Å². The van der Waals surface area contributed by atoms with E-state index in [0.29, 0.717) is 26.3 Å². The van der Waals surface area contributed by atoms with Crippen LogP contribution in [0, 0.1) is 0 Å². The third-order valence-electron chi connectivity index (χ3n) is 4.58. The Labute approximate surface area is 176 Å². The summed E-state index contributed by atoms with van der Waals surface area (Å²) in [6.45, 7) is 7.27. The lowest BCUT2D eigenvalue weighted by atomic mass is 10.0. The van der Waals surface area contributed by atoms with Gasteiger partial charge in [0.15, 0.2) is 0 Å². The molecule has 5 nitrogen and oxygen atoms in total. The molecule has 1 heterocycles. The minimum atomic E-state index is -4.36. The topological polar surface area (TPSA) is 53.6 Å². The van der Waals surface area contributed by atoms with Crippen LogP contribution in [0.5, 0.6) is 0 Å². The predicted octanol–water partition coefficient (Wildman–Crippen LogP) is 3.04. The number of halogens is 5. The number of likely N-dealkylation sites (N-methyl/N-ethyl adjacent to an activating group) is 1. The van der Waals surface area contributed by atoms with Crippen molar-refractivity contribution in [2.75, 3.05) is 39.4 Å². The Kier molecular flexibility index (Phi) is 12.0. The molecule has 0 saturated carbocycles. The zero-order chi connectivity index (χ0) is 19.2. The van der Waals surface area contributed by atoms with Crippen LogP contribution in [0.1, 0.15) is 31.0 Å². The Morgan fingerprint density at radius 3 is 2.32 bits per heavy atom. The van der Waals surface area contributed by atoms with Crippen molar-refractivity contribution in [1.29, 1.82) is 0 Å². The van der Waals surface area contributed by atoms with Gasteiger partial charge in [-0.05, 0) is 30.8 Å². The van der Waals surface area contributed by atoms with Crippen molar-refractivity contribution >= 4 is 30.7 Å². The van der Waals surface area contributed by atoms with Gasteiger partial charge in [0.2, 0.25) is 5.91 Å². The normalized spacial score (nSPS) is 18.0. The molecule has 10 heteroatoms. The molecule has 0 bridgehead atoms. The van der Waals surface area contributed by atoms with E-state index < -0.39 is 17.8 Å². The molecule has 0 radical (unpaired) electrons. The summed E-state index contributed by atoms with van der Waals surface area (Å²) in [7, 11) is 0. The summed E-state index contributed by atoms with van der Waals surface area (Å²) >= 11 is 0. The maximum atomic E-state index is 12.8. The molecule has 1 aromatic carbocycles. The summed E-state index contributed by atoms with van der Waals surface area (Å²) in [6, 6.07) is 4.56. The van der Waals surface area contributed by atoms with E-state index in [1.165, 1.54) is 12.1 Å². The molecule has 0 aromatic heterocycles. The van der Waals surface area contributed by atoms with Gasteiger partial charge in [0.1, 0.15) is 6.04 Å². The number of ether oxygens (including phenoxy) is 1. The van der Waals surface area contributed by atoms with Crippen LogP contribution in [-0.2, 0) is 15.7 Å². The van der Waals surface area contributed by atoms with Crippen molar-refractivity contribution < 1.29 is 22.7 Å². The highest BCUT2D eigenvalue weighted by atomic mass is 35.5. The lowest BCUT2D eigenvalue weighted by Crippen LogP contribution is -2.52. The van der Waals surface area contributed by atoms with Gasteiger partial charge in [-0.1, -0.05) is 26.0 Å². The van der Waals surface area contributed by atoms with Crippen LogP contribution in [0.25, 0.3) is 0 Å². The van der Waals surface area contributed by atoms with Crippen LogP contribution in [0.4, 0.5) is 13.2 Å². The van der Waals surface area contributed by atoms with Crippen LogP contribution in [0.3, 0.4) is 0 Å². The molecular weight excluding hydrogens is 418 g/mol. The van der Waals surface area contributed by atoms with Crippen molar-refractivity contribution in [3.63, 3.8) is 0 Å². The number of carbonyl (C=O) groups excluding carboxylic acids is 1. The number of hydrogen-bond acceptors (Lipinski definition) is 4. The first-order valence-electron chi connectivity index (χ1n) is 8.86. The zero-order valence-electron chi connectivity index (χ0n) is 15.9. The number of morpholine rings is 1. The van der Waals surface area contributed by atoms with Gasteiger partial charge in [-0.25, -0.2) is 0 Å². The Bertz CT molecular complexity index is 578. The molecule has 0 aliphatic carbocycles. The summed E-state index contributed by atoms with van der Waals surface area (Å²) in [5, 5.41) is 5.99. The first-order chi connectivity index (χ1) is 12.4. The number of benzene rings is 1.